The molecule has 1 saturated heterocycles. The number of nitrogens with zero attached hydrogens (tertiary/aromatic N) is 1. The molecule has 0 saturated carbocycles. The molecule has 0 aromatic heterocycles. The minimum absolute atomic E-state index is 0.0597. The van der Waals surface area contributed by atoms with E-state index >= 15 is 0 Å². The van der Waals surface area contributed by atoms with Crippen LogP contribution in [0.5, 0.6) is 0 Å². The number of nitrogens with one attached hydrogen (secondary N) is 2. The smallest absolute Gasteiger partial charge is 0.226 e. The zero-order chi connectivity index (χ0) is 12.2. The first kappa shape index (κ1) is 13.2. The molecule has 0 spiro atoms. The lowest BCUT2D eigenvalue weighted by Gasteiger charge is -2.31. The molecule has 1 aliphatic rings. The van der Waals surface area contributed by atoms with Gasteiger partial charge in [-0.2, -0.15) is 0 Å². The Balaban J connectivity index is 2.38. The van der Waals surface area contributed by atoms with Crippen LogP contribution in [-0.4, -0.2) is 36.1 Å². The van der Waals surface area contributed by atoms with Gasteiger partial charge >= 0.3 is 0 Å². The van der Waals surface area contributed by atoms with E-state index in [1.165, 1.54) is 0 Å². The summed E-state index contributed by atoms with van der Waals surface area (Å²) in [6.45, 7) is 10.5. The van der Waals surface area contributed by atoms with Gasteiger partial charge in [-0.3, -0.25) is 10.2 Å². The molecule has 1 unspecified atom stereocenters. The second-order valence-corrected chi connectivity index (χ2v) is 5.15. The minimum Gasteiger partial charge on any atom is -0.352 e. The van der Waals surface area contributed by atoms with Crippen molar-refractivity contribution < 1.29 is 4.79 Å². The summed E-state index contributed by atoms with van der Waals surface area (Å²) < 4.78 is 0. The van der Waals surface area contributed by atoms with E-state index in [1.54, 1.807) is 0 Å². The summed E-state index contributed by atoms with van der Waals surface area (Å²) in [6.07, 6.45) is 3.89. The maximum atomic E-state index is 11.8. The third-order valence-corrected chi connectivity index (χ3v) is 2.74. The molecular weight excluding hydrogens is 202 g/mol. The Hall–Kier alpha value is -0.870. The van der Waals surface area contributed by atoms with E-state index in [0.29, 0.717) is 6.54 Å². The van der Waals surface area contributed by atoms with Crippen LogP contribution in [0.2, 0.25) is 0 Å². The molecule has 0 radical (unpaired) electrons. The van der Waals surface area contributed by atoms with Crippen molar-refractivity contribution >= 4 is 5.91 Å². The molecule has 0 aliphatic carbocycles. The Morgan fingerprint density at radius 3 is 2.75 bits per heavy atom. The summed E-state index contributed by atoms with van der Waals surface area (Å²) in [5.74, 6) is 0.196. The largest absolute Gasteiger partial charge is 0.352 e. The van der Waals surface area contributed by atoms with Gasteiger partial charge in [-0.15, -0.1) is 0 Å². The van der Waals surface area contributed by atoms with Gasteiger partial charge in [0.05, 0.1) is 5.92 Å². The summed E-state index contributed by atoms with van der Waals surface area (Å²) in [7, 11) is 0. The topological polar surface area (TPSA) is 44.4 Å². The summed E-state index contributed by atoms with van der Waals surface area (Å²) in [5, 5.41) is 5.04. The predicted molar refractivity (Wildman–Crippen MR) is 65.8 cm³/mol. The van der Waals surface area contributed by atoms with Crippen molar-refractivity contribution in [1.29, 1.82) is 0 Å². The Bertz CT molecular complexity index is 268. The average Bonchev–Trinajstić information content (AvgIpc) is 2.66. The lowest BCUT2D eigenvalue weighted by molar-refractivity contribution is -0.124. The molecular formula is C12H23N3O. The van der Waals surface area contributed by atoms with Crippen molar-refractivity contribution in [1.82, 2.24) is 15.8 Å². The van der Waals surface area contributed by atoms with Gasteiger partial charge in [0.2, 0.25) is 5.91 Å². The number of hydrazine groups is 1. The Morgan fingerprint density at radius 2 is 2.25 bits per heavy atom. The molecule has 1 rings (SSSR count). The van der Waals surface area contributed by atoms with Gasteiger partial charge in [0, 0.05) is 25.2 Å². The first-order valence-electron chi connectivity index (χ1n) is 5.85. The number of hydrogen-bond donors (Lipinski definition) is 2. The van der Waals surface area contributed by atoms with Crippen LogP contribution in [0.4, 0.5) is 0 Å². The number of carbonyl (C=O) groups is 1. The number of hydrogen-bond acceptors (Lipinski definition) is 3. The van der Waals surface area contributed by atoms with Crippen LogP contribution in [-0.2, 0) is 4.79 Å². The van der Waals surface area contributed by atoms with E-state index in [2.05, 4.69) is 36.5 Å². The fourth-order valence-electron chi connectivity index (χ4n) is 1.68. The third kappa shape index (κ3) is 3.61. The zero-order valence-corrected chi connectivity index (χ0v) is 10.7. The summed E-state index contributed by atoms with van der Waals surface area (Å²) >= 11 is 0. The molecule has 1 aliphatic heterocycles. The van der Waals surface area contributed by atoms with Crippen LogP contribution in [0.25, 0.3) is 0 Å². The van der Waals surface area contributed by atoms with Gasteiger partial charge in [-0.1, -0.05) is 12.2 Å². The van der Waals surface area contributed by atoms with Crippen LogP contribution in [0.1, 0.15) is 27.7 Å². The normalized spacial score (nSPS) is 22.9. The van der Waals surface area contributed by atoms with E-state index in [0.717, 1.165) is 13.1 Å². The predicted octanol–water partition coefficient (Wildman–Crippen LogP) is 0.914. The molecule has 0 aromatic rings. The molecule has 2 N–H and O–H groups in total. The van der Waals surface area contributed by atoms with Gasteiger partial charge in [-0.25, -0.2) is 5.01 Å². The molecule has 1 atom stereocenters. The Labute approximate surface area is 98.0 Å². The van der Waals surface area contributed by atoms with Crippen LogP contribution < -0.4 is 10.7 Å². The average molecular weight is 225 g/mol. The second-order valence-electron chi connectivity index (χ2n) is 5.15. The molecule has 0 aromatic carbocycles. The van der Waals surface area contributed by atoms with E-state index in [4.69, 9.17) is 0 Å². The third-order valence-electron chi connectivity index (χ3n) is 2.74. The highest BCUT2D eigenvalue weighted by Crippen LogP contribution is 2.17. The van der Waals surface area contributed by atoms with Crippen LogP contribution in [0, 0.1) is 5.92 Å². The maximum absolute atomic E-state index is 11.8. The number of rotatable bonds is 3. The van der Waals surface area contributed by atoms with Gasteiger partial charge in [0.1, 0.15) is 0 Å². The zero-order valence-electron chi connectivity index (χ0n) is 10.7. The molecule has 4 heteroatoms. The first-order chi connectivity index (χ1) is 7.45. The Kier molecular flexibility index (Phi) is 4.50. The number of amides is 1. The van der Waals surface area contributed by atoms with Gasteiger partial charge in [0.25, 0.3) is 0 Å². The quantitative estimate of drug-likeness (QED) is 0.702. The second kappa shape index (κ2) is 5.46. The summed E-state index contributed by atoms with van der Waals surface area (Å²) in [6, 6.07) is 0. The molecule has 4 nitrogen and oxygen atoms in total. The molecule has 1 heterocycles. The molecule has 0 bridgehead atoms. The number of carbonyl (C=O) groups excluding carboxylic acids is 1. The van der Waals surface area contributed by atoms with Crippen molar-refractivity contribution in [3.63, 3.8) is 0 Å². The highest BCUT2D eigenvalue weighted by atomic mass is 16.2. The molecule has 1 fully saturated rings. The van der Waals surface area contributed by atoms with Crippen molar-refractivity contribution in [3.8, 4) is 0 Å². The van der Waals surface area contributed by atoms with Crippen molar-refractivity contribution in [3.05, 3.63) is 12.2 Å². The lowest BCUT2D eigenvalue weighted by atomic mass is 10.1. The van der Waals surface area contributed by atoms with E-state index in [1.807, 2.05) is 19.1 Å². The van der Waals surface area contributed by atoms with Crippen LogP contribution in [0.3, 0.4) is 0 Å². The van der Waals surface area contributed by atoms with Gasteiger partial charge < -0.3 is 5.32 Å². The van der Waals surface area contributed by atoms with Crippen LogP contribution >= 0.6 is 0 Å². The molecule has 1 amide bonds. The summed E-state index contributed by atoms with van der Waals surface area (Å²) in [4.78, 5) is 11.8. The minimum atomic E-state index is 0.0597. The van der Waals surface area contributed by atoms with Crippen LogP contribution in [0.15, 0.2) is 12.2 Å². The first-order valence-corrected chi connectivity index (χ1v) is 5.85. The molecule has 16 heavy (non-hydrogen) atoms. The van der Waals surface area contributed by atoms with Crippen molar-refractivity contribution in [2.75, 3.05) is 19.6 Å². The van der Waals surface area contributed by atoms with Crippen molar-refractivity contribution in [2.24, 2.45) is 5.92 Å². The maximum Gasteiger partial charge on any atom is 0.226 e. The Morgan fingerprint density at radius 1 is 1.56 bits per heavy atom. The lowest BCUT2D eigenvalue weighted by Crippen LogP contribution is -2.46. The van der Waals surface area contributed by atoms with Crippen molar-refractivity contribution in [2.45, 2.75) is 33.2 Å². The fourth-order valence-corrected chi connectivity index (χ4v) is 1.68. The van der Waals surface area contributed by atoms with E-state index < -0.39 is 0 Å². The highest BCUT2D eigenvalue weighted by molar-refractivity contribution is 5.79. The van der Waals surface area contributed by atoms with E-state index in [9.17, 15) is 4.79 Å². The van der Waals surface area contributed by atoms with Gasteiger partial charge in [0.15, 0.2) is 0 Å². The van der Waals surface area contributed by atoms with E-state index in [-0.39, 0.29) is 17.4 Å². The SMILES string of the molecule is C/C=C/CNC(=O)C1CNN(C(C)(C)C)C1. The standard InChI is InChI=1S/C12H23N3O/c1-5-6-7-13-11(16)10-8-14-15(9-10)12(2,3)4/h5-6,10,14H,7-9H2,1-4H3,(H,13,16)/b6-5+. The fraction of sp³-hybridized carbons (Fsp3) is 0.750. The van der Waals surface area contributed by atoms with Gasteiger partial charge in [-0.05, 0) is 27.7 Å². The number of allylic oxidation sites excluding steroid dienone is 1. The monoisotopic (exact) mass is 225 g/mol. The molecule has 92 valence electrons. The summed E-state index contributed by atoms with van der Waals surface area (Å²) in [5.41, 5.74) is 3.34. The highest BCUT2D eigenvalue weighted by Gasteiger charge is 2.33.